The Labute approximate surface area is 205 Å². The first-order chi connectivity index (χ1) is 14.4. The molecule has 0 aliphatic heterocycles. The summed E-state index contributed by atoms with van der Waals surface area (Å²) >= 11 is 9.74. The van der Waals surface area contributed by atoms with Crippen LogP contribution in [0.2, 0.25) is 0 Å². The predicted octanol–water partition coefficient (Wildman–Crippen LogP) is 0.576. The first-order valence-electron chi connectivity index (χ1n) is 7.70. The Morgan fingerprint density at radius 1 is 0.848 bits per heavy atom. The Balaban J connectivity index is -0.000000231. The maximum atomic E-state index is 10.6. The van der Waals surface area contributed by atoms with Crippen LogP contribution in [0.1, 0.15) is 13.8 Å². The molecule has 0 fully saturated rings. The maximum Gasteiger partial charge on any atom is 2.00 e. The zero-order chi connectivity index (χ0) is 26.1. The molecule has 0 amide bonds. The fourth-order valence-corrected chi connectivity index (χ4v) is 0.834. The summed E-state index contributed by atoms with van der Waals surface area (Å²) in [5, 5.41) is 35.7. The van der Waals surface area contributed by atoms with Gasteiger partial charge in [0.15, 0.2) is 0 Å². The summed E-state index contributed by atoms with van der Waals surface area (Å²) in [5.41, 5.74) is 6.53. The average molecular weight is 579 g/mol. The summed E-state index contributed by atoms with van der Waals surface area (Å²) in [7, 11) is 1.68. The van der Waals surface area contributed by atoms with Crippen LogP contribution in [0.25, 0.3) is 0 Å². The van der Waals surface area contributed by atoms with E-state index in [0.717, 1.165) is 0 Å². The van der Waals surface area contributed by atoms with Crippen LogP contribution in [0.4, 0.5) is 26.3 Å². The zero-order valence-electron chi connectivity index (χ0n) is 16.9. The van der Waals surface area contributed by atoms with Gasteiger partial charge in [-0.15, -0.1) is 0 Å². The molecular weight excluding hydrogens is 560 g/mol. The van der Waals surface area contributed by atoms with Crippen LogP contribution in [-0.4, -0.2) is 76.4 Å². The van der Waals surface area contributed by atoms with Crippen LogP contribution < -0.4 is 16.4 Å². The monoisotopic (exact) mass is 578 g/mol. The van der Waals surface area contributed by atoms with E-state index in [2.05, 4.69) is 31.0 Å². The van der Waals surface area contributed by atoms with Crippen LogP contribution in [0.3, 0.4) is 0 Å². The van der Waals surface area contributed by atoms with E-state index >= 15 is 0 Å². The SMILES string of the molecule is CNC([S-])=NN=C(C)C(C)=NN=C([S-])NCCN.O=C(O)C(F)(F)F.O=C(O)C(F)(F)F.[Cu+2]. The topological polar surface area (TPSA) is 174 Å². The Morgan fingerprint density at radius 2 is 1.15 bits per heavy atom. The van der Waals surface area contributed by atoms with E-state index in [1.54, 1.807) is 20.9 Å². The molecule has 20 heteroatoms. The Hall–Kier alpha value is -2.28. The number of carboxylic acid groups (broad SMARTS) is 2. The van der Waals surface area contributed by atoms with Crippen LogP contribution in [0.5, 0.6) is 0 Å². The average Bonchev–Trinajstić information content (AvgIpc) is 2.67. The molecule has 0 aromatic carbocycles. The van der Waals surface area contributed by atoms with Gasteiger partial charge in [0.25, 0.3) is 0 Å². The van der Waals surface area contributed by atoms with Crippen molar-refractivity contribution in [3.05, 3.63) is 0 Å². The maximum absolute atomic E-state index is 10.6. The minimum Gasteiger partial charge on any atom is -0.741 e. The first kappa shape index (κ1) is 38.0. The number of carbonyl (C=O) groups is 2. The van der Waals surface area contributed by atoms with Gasteiger partial charge >= 0.3 is 41.4 Å². The molecule has 0 aromatic rings. The molecule has 11 nitrogen and oxygen atoms in total. The van der Waals surface area contributed by atoms with Crippen molar-refractivity contribution in [2.24, 2.45) is 26.1 Å². The van der Waals surface area contributed by atoms with Gasteiger partial charge in [-0.25, -0.2) is 9.59 Å². The summed E-state index contributed by atoms with van der Waals surface area (Å²) in [5.74, 6) is -5.51. The summed E-state index contributed by atoms with van der Waals surface area (Å²) < 4.78 is 63.5. The number of alkyl halides is 6. The molecule has 0 bridgehead atoms. The molecule has 33 heavy (non-hydrogen) atoms. The van der Waals surface area contributed by atoms with E-state index in [1.807, 2.05) is 0 Å². The molecule has 0 rings (SSSR count). The normalized spacial score (nSPS) is 12.8. The minimum absolute atomic E-state index is 0. The van der Waals surface area contributed by atoms with E-state index in [4.69, 9.17) is 50.8 Å². The number of nitrogens with zero attached hydrogens (tertiary/aromatic N) is 4. The van der Waals surface area contributed by atoms with Gasteiger partial charge < -0.3 is 51.8 Å². The van der Waals surface area contributed by atoms with E-state index in [1.165, 1.54) is 0 Å². The second kappa shape index (κ2) is 19.2. The number of carboxylic acids is 2. The molecule has 0 aromatic heterocycles. The zero-order valence-corrected chi connectivity index (χ0v) is 19.5. The third-order valence-electron chi connectivity index (χ3n) is 2.22. The van der Waals surface area contributed by atoms with Gasteiger partial charge in [-0.1, -0.05) is 0 Å². The molecule has 0 aliphatic rings. The third-order valence-corrected chi connectivity index (χ3v) is 2.74. The molecule has 6 N–H and O–H groups in total. The summed E-state index contributed by atoms with van der Waals surface area (Å²) in [6, 6.07) is 0. The van der Waals surface area contributed by atoms with Gasteiger partial charge in [0.2, 0.25) is 0 Å². The van der Waals surface area contributed by atoms with E-state index in [-0.39, 0.29) is 22.2 Å². The quantitative estimate of drug-likeness (QED) is 0.0780. The summed E-state index contributed by atoms with van der Waals surface area (Å²) in [6.07, 6.45) is -10.2. The number of nitrogens with one attached hydrogen (secondary N) is 2. The van der Waals surface area contributed by atoms with Crippen molar-refractivity contribution in [2.45, 2.75) is 26.2 Å². The number of nitrogens with two attached hydrogens (primary N) is 1. The molecule has 0 saturated heterocycles. The number of aliphatic carboxylic acids is 2. The molecule has 0 saturated carbocycles. The fraction of sp³-hybridized carbons (Fsp3) is 0.538. The van der Waals surface area contributed by atoms with Crippen molar-refractivity contribution < 1.29 is 63.2 Å². The van der Waals surface area contributed by atoms with Gasteiger partial charge in [0.05, 0.1) is 11.4 Å². The van der Waals surface area contributed by atoms with Crippen LogP contribution in [-0.2, 0) is 51.9 Å². The van der Waals surface area contributed by atoms with Crippen LogP contribution in [0.15, 0.2) is 20.4 Å². The third kappa shape index (κ3) is 25.9. The fourth-order valence-electron chi connectivity index (χ4n) is 0.650. The number of halogens is 6. The molecule has 0 heterocycles. The summed E-state index contributed by atoms with van der Waals surface area (Å²) in [4.78, 5) is 17.8. The smallest absolute Gasteiger partial charge is 0.741 e. The van der Waals surface area contributed by atoms with Crippen molar-refractivity contribution in [1.29, 1.82) is 0 Å². The predicted molar refractivity (Wildman–Crippen MR) is 109 cm³/mol. The van der Waals surface area contributed by atoms with E-state index in [0.29, 0.717) is 29.7 Å². The largest absolute Gasteiger partial charge is 2.00 e. The van der Waals surface area contributed by atoms with Gasteiger partial charge in [-0.05, 0) is 24.2 Å². The van der Waals surface area contributed by atoms with Crippen LogP contribution >= 0.6 is 0 Å². The molecular formula is C13H19CuF6N7O4S2. The van der Waals surface area contributed by atoms with Crippen molar-refractivity contribution in [3.8, 4) is 0 Å². The number of rotatable bonds is 5. The van der Waals surface area contributed by atoms with Gasteiger partial charge in [0.1, 0.15) is 0 Å². The standard InChI is InChI=1S/C9H19N7S2.2C2HF3O2.Cu/c1-6(13-15-8(17)11-3)7(2)14-16-9(18)12-5-4-10;2*3-2(4,5)1(6)7;/h4-5,10H2,1-3H3,(H2,11,15,17)(H2,12,16,18);2*(H,6,7);/q;;;+2/p-2. The van der Waals surface area contributed by atoms with Crippen molar-refractivity contribution >= 4 is 59.0 Å². The minimum atomic E-state index is -5.08. The molecule has 1 radical (unpaired) electrons. The Morgan fingerprint density at radius 3 is 1.39 bits per heavy atom. The molecule has 195 valence electrons. The van der Waals surface area contributed by atoms with Crippen molar-refractivity contribution in [1.82, 2.24) is 10.6 Å². The van der Waals surface area contributed by atoms with Gasteiger partial charge in [0, 0.05) is 20.1 Å². The molecule has 0 unspecified atom stereocenters. The van der Waals surface area contributed by atoms with Crippen molar-refractivity contribution in [2.75, 3.05) is 20.1 Å². The van der Waals surface area contributed by atoms with Crippen molar-refractivity contribution in [3.63, 3.8) is 0 Å². The second-order valence-corrected chi connectivity index (χ2v) is 5.53. The molecule has 0 spiro atoms. The van der Waals surface area contributed by atoms with Gasteiger partial charge in [-0.2, -0.15) is 46.7 Å². The van der Waals surface area contributed by atoms with E-state index < -0.39 is 24.3 Å². The first-order valence-corrected chi connectivity index (χ1v) is 8.52. The number of hydrogen-bond donors (Lipinski definition) is 5. The Bertz CT molecular complexity index is 707. The van der Waals surface area contributed by atoms with Gasteiger partial charge in [-0.3, -0.25) is 0 Å². The number of hydrogen-bond acceptors (Lipinski definition) is 9. The Kier molecular flexibility index (Phi) is 22.1. The second-order valence-electron chi connectivity index (χ2n) is 4.75. The molecule has 0 atom stereocenters. The summed E-state index contributed by atoms with van der Waals surface area (Å²) in [6.45, 7) is 4.56. The van der Waals surface area contributed by atoms with E-state index in [9.17, 15) is 26.3 Å². The molecule has 0 aliphatic carbocycles. The van der Waals surface area contributed by atoms with Crippen LogP contribution in [0, 0.1) is 0 Å². The number of amidine groups is 2.